The molecule has 2 aliphatic rings. The van der Waals surface area contributed by atoms with E-state index in [0.29, 0.717) is 30.0 Å². The number of likely N-dealkylation sites (tertiary alicyclic amines) is 1. The van der Waals surface area contributed by atoms with Gasteiger partial charge in [0.1, 0.15) is 10.8 Å². The van der Waals surface area contributed by atoms with Crippen molar-refractivity contribution in [2.24, 2.45) is 5.92 Å². The number of benzene rings is 1. The van der Waals surface area contributed by atoms with E-state index in [-0.39, 0.29) is 29.7 Å². The fourth-order valence-electron chi connectivity index (χ4n) is 4.06. The Morgan fingerprint density at radius 1 is 1.31 bits per heavy atom. The molecule has 1 N–H and O–H groups in total. The van der Waals surface area contributed by atoms with E-state index in [9.17, 15) is 17.6 Å². The smallest absolute Gasteiger partial charge is 0.225 e. The molecule has 156 valence electrons. The van der Waals surface area contributed by atoms with Crippen LogP contribution in [0.15, 0.2) is 29.6 Å². The zero-order chi connectivity index (χ0) is 20.6. The number of aromatic nitrogens is 1. The van der Waals surface area contributed by atoms with E-state index in [1.54, 1.807) is 18.2 Å². The van der Waals surface area contributed by atoms with Gasteiger partial charge in [-0.2, -0.15) is 0 Å². The molecular formula is C20H24FN3O3S2. The van der Waals surface area contributed by atoms with Crippen molar-refractivity contribution in [2.45, 2.75) is 44.2 Å². The minimum atomic E-state index is -3.39. The molecule has 1 amide bonds. The van der Waals surface area contributed by atoms with Crippen molar-refractivity contribution in [3.05, 3.63) is 41.2 Å². The molecule has 9 heteroatoms. The van der Waals surface area contributed by atoms with Crippen molar-refractivity contribution < 1.29 is 17.6 Å². The van der Waals surface area contributed by atoms with Gasteiger partial charge in [0.05, 0.1) is 18.0 Å². The van der Waals surface area contributed by atoms with Crippen LogP contribution in [0.2, 0.25) is 0 Å². The molecule has 0 bridgehead atoms. The summed E-state index contributed by atoms with van der Waals surface area (Å²) in [6.45, 7) is 0.539. The van der Waals surface area contributed by atoms with Crippen LogP contribution >= 0.6 is 11.3 Å². The van der Waals surface area contributed by atoms with E-state index in [4.69, 9.17) is 0 Å². The fourth-order valence-corrected chi connectivity index (χ4v) is 5.74. The highest BCUT2D eigenvalue weighted by molar-refractivity contribution is 7.88. The van der Waals surface area contributed by atoms with Crippen LogP contribution in [-0.2, 0) is 21.2 Å². The lowest BCUT2D eigenvalue weighted by atomic mass is 9.84. The van der Waals surface area contributed by atoms with E-state index < -0.39 is 10.0 Å². The third-order valence-corrected chi connectivity index (χ3v) is 7.38. The predicted molar refractivity (Wildman–Crippen MR) is 110 cm³/mol. The van der Waals surface area contributed by atoms with Crippen molar-refractivity contribution in [1.82, 2.24) is 14.6 Å². The molecule has 2 atom stereocenters. The fraction of sp³-hybridized carbons (Fsp3) is 0.500. The van der Waals surface area contributed by atoms with Gasteiger partial charge in [0, 0.05) is 35.9 Å². The monoisotopic (exact) mass is 437 g/mol. The number of nitrogens with one attached hydrogen (secondary N) is 1. The molecule has 1 aromatic heterocycles. The summed E-state index contributed by atoms with van der Waals surface area (Å²) in [5, 5.41) is 2.45. The third kappa shape index (κ3) is 4.51. The summed E-state index contributed by atoms with van der Waals surface area (Å²) in [6, 6.07) is 5.87. The molecule has 0 radical (unpaired) electrons. The molecule has 29 heavy (non-hydrogen) atoms. The number of rotatable bonds is 6. The van der Waals surface area contributed by atoms with Gasteiger partial charge in [-0.15, -0.1) is 11.3 Å². The van der Waals surface area contributed by atoms with Crippen LogP contribution in [0.1, 0.15) is 31.4 Å². The predicted octanol–water partition coefficient (Wildman–Crippen LogP) is 2.81. The van der Waals surface area contributed by atoms with Crippen LogP contribution < -0.4 is 4.72 Å². The lowest BCUT2D eigenvalue weighted by Crippen LogP contribution is -2.49. The van der Waals surface area contributed by atoms with Crippen molar-refractivity contribution in [3.8, 4) is 10.6 Å². The Kier molecular flexibility index (Phi) is 5.72. The molecule has 2 fully saturated rings. The van der Waals surface area contributed by atoms with Gasteiger partial charge in [-0.1, -0.05) is 18.6 Å². The summed E-state index contributed by atoms with van der Waals surface area (Å²) in [5.74, 6) is -0.157. The first kappa shape index (κ1) is 20.4. The first-order chi connectivity index (χ1) is 13.8. The Balaban J connectivity index is 1.56. The van der Waals surface area contributed by atoms with Crippen molar-refractivity contribution in [3.63, 3.8) is 0 Å². The minimum Gasteiger partial charge on any atom is -0.337 e. The van der Waals surface area contributed by atoms with Gasteiger partial charge in [-0.25, -0.2) is 22.5 Å². The summed E-state index contributed by atoms with van der Waals surface area (Å²) in [5.41, 5.74) is 1.19. The molecule has 4 rings (SSSR count). The van der Waals surface area contributed by atoms with Crippen molar-refractivity contribution in [1.29, 1.82) is 0 Å². The quantitative estimate of drug-likeness (QED) is 0.754. The number of hydrogen-bond acceptors (Lipinski definition) is 5. The number of carbonyl (C=O) groups is 1. The first-order valence-corrected chi connectivity index (χ1v) is 12.6. The molecule has 1 saturated heterocycles. The van der Waals surface area contributed by atoms with Crippen LogP contribution in [0.5, 0.6) is 0 Å². The second kappa shape index (κ2) is 8.12. The summed E-state index contributed by atoms with van der Waals surface area (Å²) < 4.78 is 40.4. The topological polar surface area (TPSA) is 79.4 Å². The van der Waals surface area contributed by atoms with Gasteiger partial charge in [0.25, 0.3) is 0 Å². The van der Waals surface area contributed by atoms with Crippen LogP contribution in [0.4, 0.5) is 4.39 Å². The number of halogens is 1. The zero-order valence-corrected chi connectivity index (χ0v) is 17.8. The Morgan fingerprint density at radius 2 is 2.07 bits per heavy atom. The van der Waals surface area contributed by atoms with Crippen molar-refractivity contribution in [2.75, 3.05) is 12.8 Å². The van der Waals surface area contributed by atoms with E-state index in [2.05, 4.69) is 9.71 Å². The Hall–Kier alpha value is -1.84. The Bertz CT molecular complexity index is 1000. The molecular weight excluding hydrogens is 413 g/mol. The maximum atomic E-state index is 14.1. The summed E-state index contributed by atoms with van der Waals surface area (Å²) >= 11 is 1.35. The SMILES string of the molecule is CS(=O)(=O)N[C@H]1CCN(C(=O)C2CCC2)[C@H]1Cc1csc(-c2ccccc2F)n1. The van der Waals surface area contributed by atoms with Gasteiger partial charge in [0.2, 0.25) is 15.9 Å². The summed E-state index contributed by atoms with van der Waals surface area (Å²) in [7, 11) is -3.39. The van der Waals surface area contributed by atoms with Crippen LogP contribution in [0.25, 0.3) is 10.6 Å². The third-order valence-electron chi connectivity index (χ3n) is 5.72. The van der Waals surface area contributed by atoms with E-state index in [0.717, 1.165) is 31.2 Å². The summed E-state index contributed by atoms with van der Waals surface area (Å²) in [4.78, 5) is 19.3. The summed E-state index contributed by atoms with van der Waals surface area (Å²) in [6.07, 6.45) is 5.04. The molecule has 1 saturated carbocycles. The van der Waals surface area contributed by atoms with Crippen LogP contribution in [0.3, 0.4) is 0 Å². The number of nitrogens with zero attached hydrogens (tertiary/aromatic N) is 2. The van der Waals surface area contributed by atoms with Crippen LogP contribution in [0, 0.1) is 11.7 Å². The lowest BCUT2D eigenvalue weighted by molar-refractivity contribution is -0.139. The average molecular weight is 438 g/mol. The molecule has 0 spiro atoms. The largest absolute Gasteiger partial charge is 0.337 e. The highest BCUT2D eigenvalue weighted by atomic mass is 32.2. The second-order valence-corrected chi connectivity index (χ2v) is 10.5. The Labute approximate surface area is 174 Å². The van der Waals surface area contributed by atoms with Gasteiger partial charge < -0.3 is 4.90 Å². The van der Waals surface area contributed by atoms with Gasteiger partial charge in [0.15, 0.2) is 0 Å². The Morgan fingerprint density at radius 3 is 2.72 bits per heavy atom. The normalized spacial score (nSPS) is 22.6. The maximum Gasteiger partial charge on any atom is 0.225 e. The second-order valence-electron chi connectivity index (χ2n) is 7.84. The highest BCUT2D eigenvalue weighted by Gasteiger charge is 2.41. The molecule has 1 aliphatic heterocycles. The molecule has 2 aromatic rings. The minimum absolute atomic E-state index is 0.0545. The number of thiazole rings is 1. The lowest BCUT2D eigenvalue weighted by Gasteiger charge is -2.34. The van der Waals surface area contributed by atoms with Gasteiger partial charge in [-0.05, 0) is 31.4 Å². The first-order valence-electron chi connectivity index (χ1n) is 9.79. The molecule has 1 aromatic carbocycles. The number of carbonyl (C=O) groups excluding carboxylic acids is 1. The molecule has 0 unspecified atom stereocenters. The van der Waals surface area contributed by atoms with Gasteiger partial charge in [-0.3, -0.25) is 4.79 Å². The highest BCUT2D eigenvalue weighted by Crippen LogP contribution is 2.33. The van der Waals surface area contributed by atoms with E-state index in [1.807, 2.05) is 10.3 Å². The molecule has 2 heterocycles. The van der Waals surface area contributed by atoms with E-state index in [1.165, 1.54) is 17.4 Å². The van der Waals surface area contributed by atoms with Crippen molar-refractivity contribution >= 4 is 27.3 Å². The molecule has 1 aliphatic carbocycles. The van der Waals surface area contributed by atoms with E-state index >= 15 is 0 Å². The average Bonchev–Trinajstić information content (AvgIpc) is 3.21. The maximum absolute atomic E-state index is 14.1. The molecule has 6 nitrogen and oxygen atoms in total. The number of sulfonamides is 1. The zero-order valence-electron chi connectivity index (χ0n) is 16.2. The number of hydrogen-bond donors (Lipinski definition) is 1. The van der Waals surface area contributed by atoms with Crippen LogP contribution in [-0.4, -0.2) is 49.1 Å². The number of amides is 1. The standard InChI is InChI=1S/C20H24FN3O3S2/c1-29(26,27)23-17-9-10-24(20(25)13-5-4-6-13)18(17)11-14-12-28-19(22-14)15-7-2-3-8-16(15)21/h2-3,7-8,12-13,17-18,23H,4-6,9-11H2,1H3/t17-,18-/m0/s1. The van der Waals surface area contributed by atoms with Gasteiger partial charge >= 0.3 is 0 Å².